The zero-order chi connectivity index (χ0) is 21.8. The number of nitrogens with one attached hydrogen (secondary N) is 1. The molecule has 158 valence electrons. The van der Waals surface area contributed by atoms with Gasteiger partial charge in [0.2, 0.25) is 0 Å². The fraction of sp³-hybridized carbons (Fsp3) is 0.417. The Morgan fingerprint density at radius 3 is 2.63 bits per heavy atom. The number of ketones is 1. The number of rotatable bonds is 3. The Morgan fingerprint density at radius 1 is 1.23 bits per heavy atom. The van der Waals surface area contributed by atoms with Crippen molar-refractivity contribution in [2.75, 3.05) is 6.54 Å². The van der Waals surface area contributed by atoms with Crippen LogP contribution in [0.5, 0.6) is 0 Å². The number of carbonyl (C=O) groups is 1. The Morgan fingerprint density at radius 2 is 1.97 bits per heavy atom. The quantitative estimate of drug-likeness (QED) is 0.665. The van der Waals surface area contributed by atoms with Gasteiger partial charge in [0.05, 0.1) is 18.2 Å². The number of nitrogens with zero attached hydrogens (tertiary/aromatic N) is 1. The highest BCUT2D eigenvalue weighted by molar-refractivity contribution is 6.04. The van der Waals surface area contributed by atoms with Gasteiger partial charge in [0, 0.05) is 17.0 Å². The molecule has 2 aliphatic rings. The van der Waals surface area contributed by atoms with Crippen molar-refractivity contribution in [2.24, 2.45) is 5.41 Å². The van der Waals surface area contributed by atoms with E-state index in [-0.39, 0.29) is 11.8 Å². The lowest BCUT2D eigenvalue weighted by Crippen LogP contribution is -2.44. The van der Waals surface area contributed by atoms with Crippen LogP contribution < -0.4 is 5.32 Å². The highest BCUT2D eigenvalue weighted by atomic mass is 19.4. The Hall–Kier alpha value is -2.65. The van der Waals surface area contributed by atoms with E-state index in [0.29, 0.717) is 49.7 Å². The van der Waals surface area contributed by atoms with Gasteiger partial charge in [0.15, 0.2) is 5.78 Å². The van der Waals surface area contributed by atoms with E-state index >= 15 is 0 Å². The van der Waals surface area contributed by atoms with Gasteiger partial charge >= 0.3 is 6.18 Å². The molecule has 1 saturated carbocycles. The number of benzene rings is 1. The van der Waals surface area contributed by atoms with Gasteiger partial charge in [-0.05, 0) is 67.9 Å². The second-order valence-corrected chi connectivity index (χ2v) is 8.14. The monoisotopic (exact) mass is 414 g/mol. The summed E-state index contributed by atoms with van der Waals surface area (Å²) in [7, 11) is 0. The molecule has 1 aromatic carbocycles. The number of alkyl halides is 3. The molecule has 0 aliphatic heterocycles. The predicted octanol–water partition coefficient (Wildman–Crippen LogP) is 5.50. The average molecular weight is 414 g/mol. The van der Waals surface area contributed by atoms with Crippen molar-refractivity contribution < 1.29 is 18.0 Å². The molecule has 6 heteroatoms. The van der Waals surface area contributed by atoms with E-state index in [9.17, 15) is 18.0 Å². The molecule has 30 heavy (non-hydrogen) atoms. The summed E-state index contributed by atoms with van der Waals surface area (Å²) < 4.78 is 37.4. The summed E-state index contributed by atoms with van der Waals surface area (Å²) in [4.78, 5) is 13.3. The summed E-state index contributed by atoms with van der Waals surface area (Å²) in [6.45, 7) is 3.01. The van der Waals surface area contributed by atoms with E-state index in [1.807, 2.05) is 18.2 Å². The molecule has 3 nitrogen and oxygen atoms in total. The highest BCUT2D eigenvalue weighted by Gasteiger charge is 2.42. The van der Waals surface area contributed by atoms with E-state index in [1.165, 1.54) is 0 Å². The third-order valence-corrected chi connectivity index (χ3v) is 6.05. The van der Waals surface area contributed by atoms with Crippen molar-refractivity contribution in [3.05, 3.63) is 65.8 Å². The minimum atomic E-state index is -4.23. The van der Waals surface area contributed by atoms with Gasteiger partial charge in [-0.3, -0.25) is 4.79 Å². The number of halogens is 3. The fourth-order valence-corrected chi connectivity index (χ4v) is 4.38. The van der Waals surface area contributed by atoms with Crippen LogP contribution in [0.2, 0.25) is 0 Å². The molecule has 1 fully saturated rings. The van der Waals surface area contributed by atoms with Crippen LogP contribution in [-0.4, -0.2) is 24.5 Å². The lowest BCUT2D eigenvalue weighted by Gasteiger charge is -2.39. The van der Waals surface area contributed by atoms with E-state index < -0.39 is 18.1 Å². The number of hydrogen-bond acceptors (Lipinski definition) is 3. The summed E-state index contributed by atoms with van der Waals surface area (Å²) in [5.41, 5.74) is 2.04. The van der Waals surface area contributed by atoms with Crippen LogP contribution in [0.1, 0.15) is 49.7 Å². The zero-order valence-electron chi connectivity index (χ0n) is 16.8. The lowest BCUT2D eigenvalue weighted by molar-refractivity contribution is -0.131. The van der Waals surface area contributed by atoms with Crippen molar-refractivity contribution in [2.45, 2.75) is 50.7 Å². The molecule has 0 heterocycles. The lowest BCUT2D eigenvalue weighted by atomic mass is 9.66. The van der Waals surface area contributed by atoms with Crippen LogP contribution in [0.3, 0.4) is 0 Å². The van der Waals surface area contributed by atoms with Gasteiger partial charge < -0.3 is 5.32 Å². The summed E-state index contributed by atoms with van der Waals surface area (Å²) in [5.74, 6) is -0.0191. The molecular weight excluding hydrogens is 389 g/mol. The first-order valence-electron chi connectivity index (χ1n) is 10.2. The largest absolute Gasteiger partial charge is 0.401 e. The van der Waals surface area contributed by atoms with E-state index in [4.69, 9.17) is 5.26 Å². The van der Waals surface area contributed by atoms with Gasteiger partial charge in [-0.2, -0.15) is 18.4 Å². The number of Topliss-reactive ketones (excluding diaryl/α,β-unsaturated/α-hetero) is 1. The van der Waals surface area contributed by atoms with Crippen molar-refractivity contribution in [1.82, 2.24) is 5.32 Å². The van der Waals surface area contributed by atoms with Crippen molar-refractivity contribution in [3.63, 3.8) is 0 Å². The second-order valence-electron chi connectivity index (χ2n) is 8.14. The van der Waals surface area contributed by atoms with Crippen molar-refractivity contribution in [3.8, 4) is 6.07 Å². The third kappa shape index (κ3) is 5.28. The molecule has 0 radical (unpaired) electrons. The molecule has 1 aromatic rings. The number of hydrogen-bond donors (Lipinski definition) is 1. The Balaban J connectivity index is 1.76. The molecule has 0 bridgehead atoms. The van der Waals surface area contributed by atoms with Crippen LogP contribution in [-0.2, 0) is 4.79 Å². The standard InChI is InChI=1S/C24H25F3N2O/c1-17-13-19(20-7-4-5-18(14-20)15-28)6-2-3-10-23(22(17)30)11-8-21(9-12-23)29-16-24(25,26)27/h2,4-7,13-14,21,29H,1,3,8-12,16H2/b6-2-,19-13+. The van der Waals surface area contributed by atoms with Crippen LogP contribution in [0, 0.1) is 16.7 Å². The molecule has 0 saturated heterocycles. The first kappa shape index (κ1) is 22.0. The minimum Gasteiger partial charge on any atom is -0.306 e. The predicted molar refractivity (Wildman–Crippen MR) is 110 cm³/mol. The normalized spacial score (nSPS) is 28.1. The van der Waals surface area contributed by atoms with Gasteiger partial charge in [-0.25, -0.2) is 0 Å². The maximum absolute atomic E-state index is 13.3. The SMILES string of the molecule is C=C1/C=C(c2cccc(C#N)c2)\C=C/CCC2(CCC(NCC(F)(F)F)CC2)C1=O. The third-order valence-electron chi connectivity index (χ3n) is 6.05. The van der Waals surface area contributed by atoms with Crippen LogP contribution in [0.4, 0.5) is 13.2 Å². The van der Waals surface area contributed by atoms with Gasteiger partial charge in [0.1, 0.15) is 0 Å². The average Bonchev–Trinajstić information content (AvgIpc) is 2.78. The molecule has 0 amide bonds. The molecule has 3 rings (SSSR count). The van der Waals surface area contributed by atoms with Crippen LogP contribution in [0.15, 0.2) is 54.6 Å². The zero-order valence-corrected chi connectivity index (χ0v) is 16.8. The molecule has 1 spiro atoms. The topological polar surface area (TPSA) is 52.9 Å². The summed E-state index contributed by atoms with van der Waals surface area (Å²) in [6, 6.07) is 9.09. The van der Waals surface area contributed by atoms with E-state index in [0.717, 1.165) is 11.1 Å². The second kappa shape index (κ2) is 9.01. The molecule has 0 aromatic heterocycles. The Kier molecular flexibility index (Phi) is 6.62. The number of nitriles is 1. The van der Waals surface area contributed by atoms with Gasteiger partial charge in [-0.15, -0.1) is 0 Å². The maximum Gasteiger partial charge on any atom is 0.401 e. The van der Waals surface area contributed by atoms with E-state index in [1.54, 1.807) is 24.3 Å². The maximum atomic E-state index is 13.3. The smallest absolute Gasteiger partial charge is 0.306 e. The first-order valence-corrected chi connectivity index (χ1v) is 10.2. The Labute approximate surface area is 175 Å². The fourth-order valence-electron chi connectivity index (χ4n) is 4.38. The summed E-state index contributed by atoms with van der Waals surface area (Å²) >= 11 is 0. The first-order chi connectivity index (χ1) is 14.2. The highest BCUT2D eigenvalue weighted by Crippen LogP contribution is 2.44. The molecular formula is C24H25F3N2O. The van der Waals surface area contributed by atoms with E-state index in [2.05, 4.69) is 18.0 Å². The van der Waals surface area contributed by atoms with Crippen LogP contribution >= 0.6 is 0 Å². The minimum absolute atomic E-state index is 0.0191. The molecule has 0 unspecified atom stereocenters. The number of allylic oxidation sites excluding steroid dienone is 5. The number of carbonyl (C=O) groups excluding carboxylic acids is 1. The van der Waals surface area contributed by atoms with Crippen molar-refractivity contribution >= 4 is 11.4 Å². The molecule has 0 atom stereocenters. The van der Waals surface area contributed by atoms with Gasteiger partial charge in [-0.1, -0.05) is 30.9 Å². The summed E-state index contributed by atoms with van der Waals surface area (Å²) in [5, 5.41) is 11.7. The van der Waals surface area contributed by atoms with Gasteiger partial charge in [0.25, 0.3) is 0 Å². The molecule has 2 aliphatic carbocycles. The Bertz CT molecular complexity index is 913. The van der Waals surface area contributed by atoms with Crippen molar-refractivity contribution in [1.29, 1.82) is 5.26 Å². The van der Waals surface area contributed by atoms with Crippen LogP contribution in [0.25, 0.3) is 5.57 Å². The molecule has 1 N–H and O–H groups in total. The summed E-state index contributed by atoms with van der Waals surface area (Å²) in [6.07, 6.45) is 5.06.